The van der Waals surface area contributed by atoms with Gasteiger partial charge in [0.05, 0.1) is 18.7 Å². The van der Waals surface area contributed by atoms with E-state index in [1.807, 2.05) is 0 Å². The molecule has 0 saturated heterocycles. The van der Waals surface area contributed by atoms with Crippen LogP contribution in [-0.4, -0.2) is 48.9 Å². The first-order valence-corrected chi connectivity index (χ1v) is 7.90. The van der Waals surface area contributed by atoms with Crippen molar-refractivity contribution in [3.8, 4) is 5.75 Å². The molecule has 0 heterocycles. The summed E-state index contributed by atoms with van der Waals surface area (Å²) in [6.07, 6.45) is 0. The normalized spacial score (nSPS) is 11.6. The van der Waals surface area contributed by atoms with Crippen LogP contribution in [0.25, 0.3) is 0 Å². The van der Waals surface area contributed by atoms with Crippen LogP contribution in [0.3, 0.4) is 0 Å². The molecule has 0 fully saturated rings. The average molecular weight is 323 g/mol. The van der Waals surface area contributed by atoms with E-state index in [1.165, 1.54) is 19.2 Å². The van der Waals surface area contributed by atoms with E-state index in [2.05, 4.69) is 10.0 Å². The predicted molar refractivity (Wildman–Crippen MR) is 77.9 cm³/mol. The summed E-state index contributed by atoms with van der Waals surface area (Å²) in [7, 11) is -0.578. The second kappa shape index (κ2) is 8.43. The molecule has 0 unspecified atom stereocenters. The largest absolute Gasteiger partial charge is 0.497 e. The molecule has 8 heteroatoms. The maximum atomic E-state index is 12.1. The van der Waals surface area contributed by atoms with Crippen LogP contribution >= 0.6 is 11.6 Å². The van der Waals surface area contributed by atoms with Crippen molar-refractivity contribution in [3.05, 3.63) is 23.2 Å². The van der Waals surface area contributed by atoms with Gasteiger partial charge in [-0.1, -0.05) is 11.6 Å². The number of sulfonamides is 1. The lowest BCUT2D eigenvalue weighted by Gasteiger charge is -2.10. The van der Waals surface area contributed by atoms with E-state index in [0.717, 1.165) is 0 Å². The molecule has 0 aliphatic rings. The second-order valence-electron chi connectivity index (χ2n) is 3.94. The fraction of sp³-hybridized carbons (Fsp3) is 0.500. The Morgan fingerprint density at radius 2 is 1.95 bits per heavy atom. The molecule has 0 saturated carbocycles. The zero-order valence-corrected chi connectivity index (χ0v) is 13.1. The zero-order chi connectivity index (χ0) is 15.0. The third kappa shape index (κ3) is 5.26. The van der Waals surface area contributed by atoms with Crippen LogP contribution in [0.4, 0.5) is 0 Å². The molecule has 0 radical (unpaired) electrons. The monoisotopic (exact) mass is 322 g/mol. The number of benzene rings is 1. The summed E-state index contributed by atoms with van der Waals surface area (Å²) in [4.78, 5) is 0.00964. The van der Waals surface area contributed by atoms with E-state index in [1.54, 1.807) is 13.2 Å². The SMILES string of the molecule is COCCNCCNS(=O)(=O)c1cc(OC)ccc1Cl. The van der Waals surface area contributed by atoms with Crippen LogP contribution < -0.4 is 14.8 Å². The molecule has 0 aromatic heterocycles. The highest BCUT2D eigenvalue weighted by molar-refractivity contribution is 7.89. The van der Waals surface area contributed by atoms with Crippen molar-refractivity contribution < 1.29 is 17.9 Å². The maximum absolute atomic E-state index is 12.1. The Morgan fingerprint density at radius 1 is 1.20 bits per heavy atom. The van der Waals surface area contributed by atoms with Gasteiger partial charge in [-0.25, -0.2) is 13.1 Å². The first kappa shape index (κ1) is 17.2. The Labute approximate surface area is 124 Å². The summed E-state index contributed by atoms with van der Waals surface area (Å²) in [5, 5.41) is 3.20. The van der Waals surface area contributed by atoms with Gasteiger partial charge in [-0.05, 0) is 12.1 Å². The van der Waals surface area contributed by atoms with E-state index >= 15 is 0 Å². The number of nitrogens with one attached hydrogen (secondary N) is 2. The van der Waals surface area contributed by atoms with Gasteiger partial charge in [0.2, 0.25) is 10.0 Å². The van der Waals surface area contributed by atoms with Crippen molar-refractivity contribution in [3.63, 3.8) is 0 Å². The molecule has 1 aromatic rings. The van der Waals surface area contributed by atoms with Crippen molar-refractivity contribution in [1.29, 1.82) is 0 Å². The molecule has 2 N–H and O–H groups in total. The number of rotatable bonds is 9. The van der Waals surface area contributed by atoms with Crippen LogP contribution in [0, 0.1) is 0 Å². The summed E-state index contributed by atoms with van der Waals surface area (Å²) in [6, 6.07) is 4.49. The van der Waals surface area contributed by atoms with Crippen molar-refractivity contribution in [2.24, 2.45) is 0 Å². The molecular weight excluding hydrogens is 304 g/mol. The van der Waals surface area contributed by atoms with Gasteiger partial charge < -0.3 is 14.8 Å². The van der Waals surface area contributed by atoms with Gasteiger partial charge in [0, 0.05) is 32.8 Å². The number of ether oxygens (including phenoxy) is 2. The molecular formula is C12H19ClN2O4S. The number of hydrogen-bond acceptors (Lipinski definition) is 5. The third-order valence-corrected chi connectivity index (χ3v) is 4.45. The quantitative estimate of drug-likeness (QED) is 0.660. The zero-order valence-electron chi connectivity index (χ0n) is 11.5. The fourth-order valence-electron chi connectivity index (χ4n) is 1.47. The van der Waals surface area contributed by atoms with Crippen LogP contribution in [0.5, 0.6) is 5.75 Å². The van der Waals surface area contributed by atoms with Crippen LogP contribution in [-0.2, 0) is 14.8 Å². The Kier molecular flexibility index (Phi) is 7.25. The molecule has 6 nitrogen and oxygen atoms in total. The van der Waals surface area contributed by atoms with Crippen molar-refractivity contribution >= 4 is 21.6 Å². The summed E-state index contributed by atoms with van der Waals surface area (Å²) in [6.45, 7) is 2.01. The van der Waals surface area contributed by atoms with Gasteiger partial charge >= 0.3 is 0 Å². The van der Waals surface area contributed by atoms with Gasteiger partial charge in [0.1, 0.15) is 10.6 Å². The minimum Gasteiger partial charge on any atom is -0.497 e. The molecule has 0 atom stereocenters. The first-order valence-electron chi connectivity index (χ1n) is 6.04. The second-order valence-corrected chi connectivity index (χ2v) is 6.08. The summed E-state index contributed by atoms with van der Waals surface area (Å²) in [5.41, 5.74) is 0. The highest BCUT2D eigenvalue weighted by Gasteiger charge is 2.18. The highest BCUT2D eigenvalue weighted by atomic mass is 35.5. The number of halogens is 1. The Balaban J connectivity index is 2.60. The van der Waals surface area contributed by atoms with Gasteiger partial charge in [-0.3, -0.25) is 0 Å². The number of methoxy groups -OCH3 is 2. The first-order chi connectivity index (χ1) is 9.51. The molecule has 0 aliphatic heterocycles. The third-order valence-electron chi connectivity index (χ3n) is 2.50. The average Bonchev–Trinajstić information content (AvgIpc) is 2.43. The molecule has 1 rings (SSSR count). The van der Waals surface area contributed by atoms with Crippen LogP contribution in [0.1, 0.15) is 0 Å². The summed E-state index contributed by atoms with van der Waals surface area (Å²) < 4.78 is 36.6. The van der Waals surface area contributed by atoms with Crippen molar-refractivity contribution in [2.75, 3.05) is 40.5 Å². The Hall–Kier alpha value is -0.860. The topological polar surface area (TPSA) is 76.7 Å². The predicted octanol–water partition coefficient (Wildman–Crippen LogP) is 0.863. The Morgan fingerprint density at radius 3 is 2.60 bits per heavy atom. The van der Waals surface area contributed by atoms with E-state index in [4.69, 9.17) is 21.1 Å². The highest BCUT2D eigenvalue weighted by Crippen LogP contribution is 2.25. The lowest BCUT2D eigenvalue weighted by Crippen LogP contribution is -2.33. The molecule has 0 amide bonds. The minimum atomic E-state index is -3.65. The molecule has 0 aliphatic carbocycles. The molecule has 20 heavy (non-hydrogen) atoms. The lowest BCUT2D eigenvalue weighted by molar-refractivity contribution is 0.199. The van der Waals surface area contributed by atoms with Crippen molar-refractivity contribution in [1.82, 2.24) is 10.0 Å². The summed E-state index contributed by atoms with van der Waals surface area (Å²) >= 11 is 5.91. The van der Waals surface area contributed by atoms with Gasteiger partial charge in [0.25, 0.3) is 0 Å². The molecule has 0 spiro atoms. The van der Waals surface area contributed by atoms with E-state index in [9.17, 15) is 8.42 Å². The maximum Gasteiger partial charge on any atom is 0.242 e. The Bertz CT molecular complexity index is 522. The van der Waals surface area contributed by atoms with E-state index in [0.29, 0.717) is 25.4 Å². The van der Waals surface area contributed by atoms with E-state index < -0.39 is 10.0 Å². The van der Waals surface area contributed by atoms with Gasteiger partial charge in [0.15, 0.2) is 0 Å². The van der Waals surface area contributed by atoms with Crippen LogP contribution in [0.15, 0.2) is 23.1 Å². The molecule has 1 aromatic carbocycles. The smallest absolute Gasteiger partial charge is 0.242 e. The van der Waals surface area contributed by atoms with Gasteiger partial charge in [-0.15, -0.1) is 0 Å². The molecule has 0 bridgehead atoms. The van der Waals surface area contributed by atoms with E-state index in [-0.39, 0.29) is 16.5 Å². The van der Waals surface area contributed by atoms with Gasteiger partial charge in [-0.2, -0.15) is 0 Å². The molecule has 114 valence electrons. The fourth-order valence-corrected chi connectivity index (χ4v) is 3.01. The standard InChI is InChI=1S/C12H19ClN2O4S/c1-18-8-7-14-5-6-15-20(16,17)12-9-10(19-2)3-4-11(12)13/h3-4,9,14-15H,5-8H2,1-2H3. The lowest BCUT2D eigenvalue weighted by atomic mass is 10.3. The minimum absolute atomic E-state index is 0.00964. The number of hydrogen-bond donors (Lipinski definition) is 2. The summed E-state index contributed by atoms with van der Waals surface area (Å²) in [5.74, 6) is 0.438. The van der Waals surface area contributed by atoms with Crippen LogP contribution in [0.2, 0.25) is 5.02 Å². The van der Waals surface area contributed by atoms with Crippen molar-refractivity contribution in [2.45, 2.75) is 4.90 Å².